The third kappa shape index (κ3) is 4.13. The van der Waals surface area contributed by atoms with Crippen LogP contribution in [0, 0.1) is 5.92 Å². The number of halogens is 2. The monoisotopic (exact) mass is 212 g/mol. The molecule has 1 aliphatic carbocycles. The molecule has 0 spiro atoms. The maximum absolute atomic E-state index is 12.7. The van der Waals surface area contributed by atoms with E-state index >= 15 is 0 Å². The van der Waals surface area contributed by atoms with Crippen LogP contribution >= 0.6 is 0 Å². The Balaban J connectivity index is 2.21. The van der Waals surface area contributed by atoms with E-state index in [4.69, 9.17) is 4.18 Å². The van der Waals surface area contributed by atoms with Gasteiger partial charge in [-0.15, -0.1) is 0 Å². The van der Waals surface area contributed by atoms with E-state index in [0.717, 1.165) is 0 Å². The van der Waals surface area contributed by atoms with Crippen molar-refractivity contribution in [2.24, 2.45) is 5.92 Å². The van der Waals surface area contributed by atoms with Crippen LogP contribution in [0.1, 0.15) is 25.7 Å². The summed E-state index contributed by atoms with van der Waals surface area (Å²) in [4.78, 5) is 0. The average molecular weight is 212 g/mol. The summed E-state index contributed by atoms with van der Waals surface area (Å²) in [5, 5.41) is 0. The topological polar surface area (TPSA) is 26.3 Å². The molecule has 1 saturated carbocycles. The maximum Gasteiger partial charge on any atom is 0.248 e. The second kappa shape index (κ2) is 4.46. The van der Waals surface area contributed by atoms with Gasteiger partial charge < -0.3 is 0 Å². The van der Waals surface area contributed by atoms with Gasteiger partial charge in [0, 0.05) is 19.1 Å². The number of alkyl halides is 2. The van der Waals surface area contributed by atoms with Gasteiger partial charge in [-0.25, -0.2) is 13.0 Å². The SMILES string of the molecule is CS(=O)OCC1CCC(F)(F)CC1. The van der Waals surface area contributed by atoms with Crippen LogP contribution in [0.2, 0.25) is 0 Å². The molecule has 0 aromatic rings. The third-order valence-corrected chi connectivity index (χ3v) is 2.77. The van der Waals surface area contributed by atoms with Crippen molar-refractivity contribution in [2.75, 3.05) is 12.9 Å². The fourth-order valence-corrected chi connectivity index (χ4v) is 1.84. The highest BCUT2D eigenvalue weighted by molar-refractivity contribution is 7.79. The van der Waals surface area contributed by atoms with Gasteiger partial charge in [-0.3, -0.25) is 4.18 Å². The fraction of sp³-hybridized carbons (Fsp3) is 1.00. The Morgan fingerprint density at radius 3 is 2.46 bits per heavy atom. The summed E-state index contributed by atoms with van der Waals surface area (Å²) in [5.41, 5.74) is 0. The minimum Gasteiger partial charge on any atom is -0.290 e. The van der Waals surface area contributed by atoms with Crippen LogP contribution in [0.15, 0.2) is 0 Å². The van der Waals surface area contributed by atoms with E-state index in [0.29, 0.717) is 19.4 Å². The Hall–Kier alpha value is -0.0300. The molecule has 1 aliphatic rings. The fourth-order valence-electron chi connectivity index (χ4n) is 1.46. The van der Waals surface area contributed by atoms with Crippen molar-refractivity contribution in [1.29, 1.82) is 0 Å². The first-order valence-corrected chi connectivity index (χ1v) is 5.82. The second-order valence-electron chi connectivity index (χ2n) is 3.49. The molecule has 0 amide bonds. The molecular formula is C8H14F2O2S. The van der Waals surface area contributed by atoms with Crippen LogP contribution < -0.4 is 0 Å². The summed E-state index contributed by atoms with van der Waals surface area (Å²) in [6.07, 6.45) is 2.28. The minimum absolute atomic E-state index is 0.0582. The molecule has 1 unspecified atom stereocenters. The summed E-state index contributed by atoms with van der Waals surface area (Å²) in [5.74, 6) is -2.33. The van der Waals surface area contributed by atoms with Gasteiger partial charge in [-0.2, -0.15) is 0 Å². The average Bonchev–Trinajstić information content (AvgIpc) is 2.02. The Morgan fingerprint density at radius 2 is 2.00 bits per heavy atom. The highest BCUT2D eigenvalue weighted by Crippen LogP contribution is 2.36. The Kier molecular flexibility index (Phi) is 3.79. The van der Waals surface area contributed by atoms with Gasteiger partial charge in [0.15, 0.2) is 11.1 Å². The molecule has 0 heterocycles. The van der Waals surface area contributed by atoms with Gasteiger partial charge in [0.25, 0.3) is 0 Å². The lowest BCUT2D eigenvalue weighted by atomic mass is 9.87. The Labute approximate surface area is 79.3 Å². The minimum atomic E-state index is -2.48. The molecule has 2 nitrogen and oxygen atoms in total. The first kappa shape index (κ1) is 11.0. The smallest absolute Gasteiger partial charge is 0.248 e. The quantitative estimate of drug-likeness (QED) is 0.716. The number of rotatable bonds is 3. The maximum atomic E-state index is 12.7. The summed E-state index contributed by atoms with van der Waals surface area (Å²) < 4.78 is 40.8. The molecule has 1 rings (SSSR count). The second-order valence-corrected chi connectivity index (χ2v) is 4.52. The van der Waals surface area contributed by atoms with Crippen molar-refractivity contribution in [2.45, 2.75) is 31.6 Å². The number of hydrogen-bond acceptors (Lipinski definition) is 2. The molecular weight excluding hydrogens is 198 g/mol. The van der Waals surface area contributed by atoms with Crippen molar-refractivity contribution >= 4 is 11.1 Å². The van der Waals surface area contributed by atoms with Crippen molar-refractivity contribution < 1.29 is 17.2 Å². The van der Waals surface area contributed by atoms with Crippen molar-refractivity contribution in [1.82, 2.24) is 0 Å². The first-order valence-electron chi connectivity index (χ1n) is 4.34. The van der Waals surface area contributed by atoms with E-state index in [1.54, 1.807) is 0 Å². The molecule has 5 heteroatoms. The van der Waals surface area contributed by atoms with Gasteiger partial charge in [-0.05, 0) is 18.8 Å². The number of hydrogen-bond donors (Lipinski definition) is 0. The van der Waals surface area contributed by atoms with E-state index in [-0.39, 0.29) is 18.8 Å². The van der Waals surface area contributed by atoms with E-state index in [1.165, 1.54) is 6.26 Å². The molecule has 0 N–H and O–H groups in total. The predicted molar refractivity (Wildman–Crippen MR) is 46.9 cm³/mol. The van der Waals surface area contributed by atoms with Crippen molar-refractivity contribution in [3.05, 3.63) is 0 Å². The first-order chi connectivity index (χ1) is 5.99. The van der Waals surface area contributed by atoms with E-state index in [2.05, 4.69) is 0 Å². The van der Waals surface area contributed by atoms with E-state index < -0.39 is 17.0 Å². The predicted octanol–water partition coefficient (Wildman–Crippen LogP) is 2.12. The van der Waals surface area contributed by atoms with Gasteiger partial charge in [0.05, 0.1) is 6.61 Å². The summed E-state index contributed by atoms with van der Waals surface area (Å²) in [6, 6.07) is 0. The molecule has 0 aromatic carbocycles. The highest BCUT2D eigenvalue weighted by Gasteiger charge is 2.34. The van der Waals surface area contributed by atoms with E-state index in [9.17, 15) is 13.0 Å². The summed E-state index contributed by atoms with van der Waals surface area (Å²) in [7, 11) is 0. The van der Waals surface area contributed by atoms with Gasteiger partial charge in [0.2, 0.25) is 5.92 Å². The molecule has 0 radical (unpaired) electrons. The van der Waals surface area contributed by atoms with Crippen LogP contribution in [0.3, 0.4) is 0 Å². The lowest BCUT2D eigenvalue weighted by Gasteiger charge is -2.27. The summed E-state index contributed by atoms with van der Waals surface area (Å²) in [6.45, 7) is 0.346. The van der Waals surface area contributed by atoms with Crippen LogP contribution in [-0.2, 0) is 15.3 Å². The molecule has 0 aromatic heterocycles. The van der Waals surface area contributed by atoms with Crippen LogP contribution in [0.25, 0.3) is 0 Å². The van der Waals surface area contributed by atoms with Crippen molar-refractivity contribution in [3.63, 3.8) is 0 Å². The largest absolute Gasteiger partial charge is 0.290 e. The van der Waals surface area contributed by atoms with Crippen LogP contribution in [0.5, 0.6) is 0 Å². The Morgan fingerprint density at radius 1 is 1.46 bits per heavy atom. The zero-order chi connectivity index (χ0) is 9.90. The zero-order valence-corrected chi connectivity index (χ0v) is 8.41. The molecule has 1 atom stereocenters. The van der Waals surface area contributed by atoms with E-state index in [1.807, 2.05) is 0 Å². The highest BCUT2D eigenvalue weighted by atomic mass is 32.2. The van der Waals surface area contributed by atoms with Crippen LogP contribution in [-0.4, -0.2) is 23.0 Å². The summed E-state index contributed by atoms with van der Waals surface area (Å²) >= 11 is -1.27. The standard InChI is InChI=1S/C8H14F2O2S/c1-13(11)12-6-7-2-4-8(9,10)5-3-7/h7H,2-6H2,1H3. The molecule has 0 saturated heterocycles. The molecule has 0 bridgehead atoms. The normalized spacial score (nSPS) is 25.8. The van der Waals surface area contributed by atoms with Crippen LogP contribution in [0.4, 0.5) is 8.78 Å². The lowest BCUT2D eigenvalue weighted by molar-refractivity contribution is -0.0493. The molecule has 0 aliphatic heterocycles. The zero-order valence-electron chi connectivity index (χ0n) is 7.59. The van der Waals surface area contributed by atoms with Gasteiger partial charge in [0.1, 0.15) is 0 Å². The van der Waals surface area contributed by atoms with Crippen molar-refractivity contribution in [3.8, 4) is 0 Å². The van der Waals surface area contributed by atoms with Gasteiger partial charge in [-0.1, -0.05) is 0 Å². The third-order valence-electron chi connectivity index (χ3n) is 2.31. The Bertz CT molecular complexity index is 187. The molecule has 78 valence electrons. The molecule has 1 fully saturated rings. The van der Waals surface area contributed by atoms with Gasteiger partial charge >= 0.3 is 0 Å². The lowest BCUT2D eigenvalue weighted by Crippen LogP contribution is -2.26. The molecule has 13 heavy (non-hydrogen) atoms.